The van der Waals surface area contributed by atoms with Gasteiger partial charge in [-0.25, -0.2) is 0 Å². The third-order valence-electron chi connectivity index (χ3n) is 2.35. The number of alkyl halides is 1. The molecule has 0 unspecified atom stereocenters. The summed E-state index contributed by atoms with van der Waals surface area (Å²) in [5.41, 5.74) is 1.10. The summed E-state index contributed by atoms with van der Waals surface area (Å²) in [4.78, 5) is 0. The lowest BCUT2D eigenvalue weighted by molar-refractivity contribution is 0.300. The first-order chi connectivity index (χ1) is 6.79. The molecule has 0 saturated heterocycles. The number of halogens is 2. The van der Waals surface area contributed by atoms with Gasteiger partial charge in [-0.15, -0.1) is 0 Å². The molecule has 0 radical (unpaired) electrons. The third kappa shape index (κ3) is 2.64. The van der Waals surface area contributed by atoms with Crippen LogP contribution in [0.5, 0.6) is 5.75 Å². The molecule has 2 rings (SSSR count). The predicted molar refractivity (Wildman–Crippen MR) is 62.3 cm³/mol. The molecule has 3 heteroatoms. The van der Waals surface area contributed by atoms with E-state index in [1.54, 1.807) is 0 Å². The van der Waals surface area contributed by atoms with Crippen molar-refractivity contribution in [3.8, 4) is 5.75 Å². The van der Waals surface area contributed by atoms with Crippen LogP contribution in [-0.2, 0) is 5.33 Å². The standard InChI is InChI=1S/C11H12BrClO/c12-6-9-3-4-10(5-11(9)13)14-7-8-1-2-8/h3-5,8H,1-2,6-7H2. The lowest BCUT2D eigenvalue weighted by atomic mass is 10.2. The first kappa shape index (κ1) is 10.3. The average molecular weight is 276 g/mol. The molecule has 1 aliphatic carbocycles. The van der Waals surface area contributed by atoms with Crippen LogP contribution in [0.15, 0.2) is 18.2 Å². The molecule has 1 aromatic rings. The quantitative estimate of drug-likeness (QED) is 0.754. The van der Waals surface area contributed by atoms with E-state index < -0.39 is 0 Å². The summed E-state index contributed by atoms with van der Waals surface area (Å²) in [6, 6.07) is 5.87. The Morgan fingerprint density at radius 3 is 2.79 bits per heavy atom. The molecule has 0 N–H and O–H groups in total. The third-order valence-corrected chi connectivity index (χ3v) is 3.31. The van der Waals surface area contributed by atoms with E-state index in [9.17, 15) is 0 Å². The molecule has 76 valence electrons. The fourth-order valence-electron chi connectivity index (χ4n) is 1.22. The maximum atomic E-state index is 6.05. The summed E-state index contributed by atoms with van der Waals surface area (Å²) < 4.78 is 5.61. The van der Waals surface area contributed by atoms with Crippen molar-refractivity contribution in [2.24, 2.45) is 5.92 Å². The Kier molecular flexibility index (Phi) is 3.34. The van der Waals surface area contributed by atoms with Crippen LogP contribution >= 0.6 is 27.5 Å². The van der Waals surface area contributed by atoms with Crippen molar-refractivity contribution in [1.29, 1.82) is 0 Å². The van der Waals surface area contributed by atoms with Crippen molar-refractivity contribution < 1.29 is 4.74 Å². The summed E-state index contributed by atoms with van der Waals surface area (Å²) in [6.45, 7) is 0.837. The second-order valence-corrected chi connectivity index (χ2v) is 4.61. The minimum Gasteiger partial charge on any atom is -0.493 e. The number of hydrogen-bond acceptors (Lipinski definition) is 1. The van der Waals surface area contributed by atoms with Crippen LogP contribution in [0.1, 0.15) is 18.4 Å². The highest BCUT2D eigenvalue weighted by Crippen LogP contribution is 2.30. The number of rotatable bonds is 4. The predicted octanol–water partition coefficient (Wildman–Crippen LogP) is 4.02. The zero-order valence-electron chi connectivity index (χ0n) is 7.80. The van der Waals surface area contributed by atoms with Gasteiger partial charge in [0.15, 0.2) is 0 Å². The van der Waals surface area contributed by atoms with Crippen molar-refractivity contribution in [3.05, 3.63) is 28.8 Å². The van der Waals surface area contributed by atoms with Crippen molar-refractivity contribution in [1.82, 2.24) is 0 Å². The van der Waals surface area contributed by atoms with Crippen molar-refractivity contribution in [2.45, 2.75) is 18.2 Å². The molecule has 0 amide bonds. The van der Waals surface area contributed by atoms with Gasteiger partial charge < -0.3 is 4.74 Å². The van der Waals surface area contributed by atoms with Gasteiger partial charge in [0.1, 0.15) is 5.75 Å². The minimum atomic E-state index is 0.773. The molecule has 1 aromatic carbocycles. The molecule has 0 aliphatic heterocycles. The molecule has 0 aromatic heterocycles. The van der Waals surface area contributed by atoms with Gasteiger partial charge in [0, 0.05) is 10.4 Å². The fraction of sp³-hybridized carbons (Fsp3) is 0.455. The maximum absolute atomic E-state index is 6.05. The summed E-state index contributed by atoms with van der Waals surface area (Å²) >= 11 is 9.43. The van der Waals surface area contributed by atoms with Gasteiger partial charge in [-0.1, -0.05) is 33.6 Å². The fourth-order valence-corrected chi connectivity index (χ4v) is 2.11. The Bertz CT molecular complexity index is 323. The Hall–Kier alpha value is -0.210. The molecule has 1 nitrogen and oxygen atoms in total. The van der Waals surface area contributed by atoms with E-state index in [2.05, 4.69) is 15.9 Å². The smallest absolute Gasteiger partial charge is 0.120 e. The first-order valence-corrected chi connectivity index (χ1v) is 6.26. The van der Waals surface area contributed by atoms with Crippen LogP contribution in [0, 0.1) is 5.92 Å². The molecule has 0 atom stereocenters. The molecular weight excluding hydrogens is 263 g/mol. The van der Waals surface area contributed by atoms with Gasteiger partial charge in [0.05, 0.1) is 6.61 Å². The van der Waals surface area contributed by atoms with Crippen LogP contribution in [0.25, 0.3) is 0 Å². The van der Waals surface area contributed by atoms with Crippen LogP contribution in [-0.4, -0.2) is 6.61 Å². The zero-order chi connectivity index (χ0) is 9.97. The highest BCUT2D eigenvalue weighted by Gasteiger charge is 2.21. The van der Waals surface area contributed by atoms with E-state index in [1.165, 1.54) is 12.8 Å². The molecule has 1 fully saturated rings. The number of hydrogen-bond donors (Lipinski definition) is 0. The Morgan fingerprint density at radius 2 is 2.21 bits per heavy atom. The molecule has 1 aliphatic rings. The molecule has 0 heterocycles. The minimum absolute atomic E-state index is 0.773. The van der Waals surface area contributed by atoms with Crippen molar-refractivity contribution in [2.75, 3.05) is 6.61 Å². The summed E-state index contributed by atoms with van der Waals surface area (Å²) in [5.74, 6) is 1.66. The molecular formula is C11H12BrClO. The molecule has 0 spiro atoms. The zero-order valence-corrected chi connectivity index (χ0v) is 10.1. The van der Waals surface area contributed by atoms with E-state index in [0.29, 0.717) is 0 Å². The number of benzene rings is 1. The highest BCUT2D eigenvalue weighted by atomic mass is 79.9. The van der Waals surface area contributed by atoms with Crippen LogP contribution in [0.2, 0.25) is 5.02 Å². The Balaban J connectivity index is 1.99. The SMILES string of the molecule is Clc1cc(OCC2CC2)ccc1CBr. The summed E-state index contributed by atoms with van der Waals surface area (Å²) in [5, 5.41) is 1.56. The summed E-state index contributed by atoms with van der Waals surface area (Å²) in [6.07, 6.45) is 2.63. The van der Waals surface area contributed by atoms with Gasteiger partial charge in [-0.05, 0) is 36.5 Å². The average Bonchev–Trinajstić information content (AvgIpc) is 2.98. The van der Waals surface area contributed by atoms with E-state index >= 15 is 0 Å². The summed E-state index contributed by atoms with van der Waals surface area (Å²) in [7, 11) is 0. The van der Waals surface area contributed by atoms with Gasteiger partial charge in [0.25, 0.3) is 0 Å². The maximum Gasteiger partial charge on any atom is 0.120 e. The van der Waals surface area contributed by atoms with Gasteiger partial charge >= 0.3 is 0 Å². The van der Waals surface area contributed by atoms with Gasteiger partial charge in [-0.2, -0.15) is 0 Å². The molecule has 1 saturated carbocycles. The van der Waals surface area contributed by atoms with E-state index in [0.717, 1.165) is 34.2 Å². The van der Waals surface area contributed by atoms with Crippen molar-refractivity contribution in [3.63, 3.8) is 0 Å². The largest absolute Gasteiger partial charge is 0.493 e. The Labute approximate surface area is 97.5 Å². The van der Waals surface area contributed by atoms with Gasteiger partial charge in [0.2, 0.25) is 0 Å². The van der Waals surface area contributed by atoms with Crippen LogP contribution < -0.4 is 4.74 Å². The Morgan fingerprint density at radius 1 is 1.43 bits per heavy atom. The number of ether oxygens (including phenoxy) is 1. The molecule has 14 heavy (non-hydrogen) atoms. The second kappa shape index (κ2) is 4.54. The lowest BCUT2D eigenvalue weighted by Gasteiger charge is -2.07. The first-order valence-electron chi connectivity index (χ1n) is 4.77. The van der Waals surface area contributed by atoms with Crippen molar-refractivity contribution >= 4 is 27.5 Å². The van der Waals surface area contributed by atoms with Crippen LogP contribution in [0.3, 0.4) is 0 Å². The van der Waals surface area contributed by atoms with E-state index in [-0.39, 0.29) is 0 Å². The lowest BCUT2D eigenvalue weighted by Crippen LogP contribution is -1.98. The van der Waals surface area contributed by atoms with E-state index in [1.807, 2.05) is 18.2 Å². The van der Waals surface area contributed by atoms with E-state index in [4.69, 9.17) is 16.3 Å². The van der Waals surface area contributed by atoms with Crippen LogP contribution in [0.4, 0.5) is 0 Å². The topological polar surface area (TPSA) is 9.23 Å². The normalized spacial score (nSPS) is 15.6. The molecule has 0 bridgehead atoms. The highest BCUT2D eigenvalue weighted by molar-refractivity contribution is 9.08. The van der Waals surface area contributed by atoms with Gasteiger partial charge in [-0.3, -0.25) is 0 Å². The second-order valence-electron chi connectivity index (χ2n) is 3.64. The monoisotopic (exact) mass is 274 g/mol.